The molecule has 1 unspecified atom stereocenters. The third-order valence-electron chi connectivity index (χ3n) is 3.62. The molecule has 0 fully saturated rings. The summed E-state index contributed by atoms with van der Waals surface area (Å²) in [6.07, 6.45) is 1.46. The predicted molar refractivity (Wildman–Crippen MR) is 105 cm³/mol. The molecule has 1 heterocycles. The molecular formula is C19H33N3O2S. The van der Waals surface area contributed by atoms with Gasteiger partial charge in [-0.15, -0.1) is 11.3 Å². The number of carbonyl (C=O) groups is 2. The van der Waals surface area contributed by atoms with Crippen molar-refractivity contribution >= 4 is 28.3 Å². The lowest BCUT2D eigenvalue weighted by Gasteiger charge is -2.27. The minimum atomic E-state index is -0.188. The first kappa shape index (κ1) is 21.6. The van der Waals surface area contributed by atoms with Crippen molar-refractivity contribution in [3.63, 3.8) is 0 Å². The largest absolute Gasteiger partial charge is 0.333 e. The highest BCUT2D eigenvalue weighted by molar-refractivity contribution is 7.13. The maximum absolute atomic E-state index is 12.7. The summed E-state index contributed by atoms with van der Waals surface area (Å²) in [5, 5.41) is 5.26. The zero-order valence-corrected chi connectivity index (χ0v) is 17.5. The number of rotatable bonds is 8. The lowest BCUT2D eigenvalue weighted by molar-refractivity contribution is -0.136. The predicted octanol–water partition coefficient (Wildman–Crippen LogP) is 4.34. The Balaban J connectivity index is 2.65. The van der Waals surface area contributed by atoms with Crippen molar-refractivity contribution in [3.8, 4) is 0 Å². The van der Waals surface area contributed by atoms with Crippen molar-refractivity contribution in [1.29, 1.82) is 0 Å². The quantitative estimate of drug-likeness (QED) is 0.743. The van der Waals surface area contributed by atoms with E-state index in [9.17, 15) is 9.59 Å². The lowest BCUT2D eigenvalue weighted by atomic mass is 9.84. The zero-order chi connectivity index (χ0) is 19.2. The van der Waals surface area contributed by atoms with E-state index in [0.717, 1.165) is 12.1 Å². The van der Waals surface area contributed by atoms with Gasteiger partial charge in [0.05, 0.1) is 12.2 Å². The van der Waals surface area contributed by atoms with E-state index in [1.54, 1.807) is 4.90 Å². The highest BCUT2D eigenvalue weighted by Crippen LogP contribution is 2.26. The fraction of sp³-hybridized carbons (Fsp3) is 0.737. The summed E-state index contributed by atoms with van der Waals surface area (Å²) < 4.78 is 0. The first-order valence-corrected chi connectivity index (χ1v) is 9.84. The van der Waals surface area contributed by atoms with Gasteiger partial charge in [-0.2, -0.15) is 0 Å². The number of aromatic nitrogens is 1. The van der Waals surface area contributed by atoms with Gasteiger partial charge in [0.2, 0.25) is 11.8 Å². The van der Waals surface area contributed by atoms with Crippen LogP contribution in [0.25, 0.3) is 0 Å². The van der Waals surface area contributed by atoms with Gasteiger partial charge in [0.15, 0.2) is 5.13 Å². The van der Waals surface area contributed by atoms with E-state index in [4.69, 9.17) is 0 Å². The van der Waals surface area contributed by atoms with Crippen molar-refractivity contribution < 1.29 is 9.59 Å². The van der Waals surface area contributed by atoms with Gasteiger partial charge in [0.1, 0.15) is 0 Å². The Morgan fingerprint density at radius 1 is 1.28 bits per heavy atom. The summed E-state index contributed by atoms with van der Waals surface area (Å²) in [4.78, 5) is 30.9. The Kier molecular flexibility index (Phi) is 8.06. The molecule has 1 atom stereocenters. The number of amides is 2. The second-order valence-corrected chi connectivity index (χ2v) is 9.44. The molecule has 0 aliphatic rings. The SMILES string of the molecule is Cc1csc(NC(=O)CN(CC(C)C)C(=O)CC(C)CC(C)(C)C)n1. The van der Waals surface area contributed by atoms with E-state index in [1.807, 2.05) is 12.3 Å². The van der Waals surface area contributed by atoms with Crippen LogP contribution >= 0.6 is 11.3 Å². The molecule has 0 aliphatic heterocycles. The normalized spacial score (nSPS) is 13.0. The Labute approximate surface area is 156 Å². The summed E-state index contributed by atoms with van der Waals surface area (Å²) in [5.74, 6) is 0.478. The average Bonchev–Trinajstić information content (AvgIpc) is 2.80. The van der Waals surface area contributed by atoms with Crippen LogP contribution in [0.15, 0.2) is 5.38 Å². The van der Waals surface area contributed by atoms with E-state index >= 15 is 0 Å². The maximum atomic E-state index is 12.7. The molecule has 25 heavy (non-hydrogen) atoms. The van der Waals surface area contributed by atoms with E-state index < -0.39 is 0 Å². The molecule has 1 aromatic heterocycles. The number of anilines is 1. The van der Waals surface area contributed by atoms with Crippen LogP contribution in [0, 0.1) is 24.2 Å². The number of nitrogens with zero attached hydrogens (tertiary/aromatic N) is 2. The summed E-state index contributed by atoms with van der Waals surface area (Å²) in [7, 11) is 0. The van der Waals surface area contributed by atoms with Gasteiger partial charge in [-0.3, -0.25) is 9.59 Å². The zero-order valence-electron chi connectivity index (χ0n) is 16.7. The Morgan fingerprint density at radius 3 is 2.40 bits per heavy atom. The van der Waals surface area contributed by atoms with Crippen molar-refractivity contribution in [1.82, 2.24) is 9.88 Å². The van der Waals surface area contributed by atoms with Crippen LogP contribution in [0.3, 0.4) is 0 Å². The first-order valence-electron chi connectivity index (χ1n) is 8.96. The molecule has 0 aromatic carbocycles. The van der Waals surface area contributed by atoms with Crippen molar-refractivity contribution in [2.75, 3.05) is 18.4 Å². The molecule has 0 radical (unpaired) electrons. The van der Waals surface area contributed by atoms with Gasteiger partial charge in [-0.1, -0.05) is 41.5 Å². The number of hydrogen-bond donors (Lipinski definition) is 1. The molecule has 6 heteroatoms. The minimum Gasteiger partial charge on any atom is -0.333 e. The minimum absolute atomic E-state index is 0.0518. The summed E-state index contributed by atoms with van der Waals surface area (Å²) >= 11 is 1.40. The topological polar surface area (TPSA) is 62.3 Å². The summed E-state index contributed by atoms with van der Waals surface area (Å²) in [6, 6.07) is 0. The van der Waals surface area contributed by atoms with Gasteiger partial charge >= 0.3 is 0 Å². The Morgan fingerprint density at radius 2 is 1.92 bits per heavy atom. The molecule has 0 aliphatic carbocycles. The average molecular weight is 368 g/mol. The van der Waals surface area contributed by atoms with Gasteiger partial charge in [0.25, 0.3) is 0 Å². The fourth-order valence-corrected chi connectivity index (χ4v) is 3.69. The van der Waals surface area contributed by atoms with E-state index in [2.05, 4.69) is 51.8 Å². The second-order valence-electron chi connectivity index (χ2n) is 8.58. The van der Waals surface area contributed by atoms with Crippen LogP contribution in [0.1, 0.15) is 60.1 Å². The number of thiazole rings is 1. The Hall–Kier alpha value is -1.43. The highest BCUT2D eigenvalue weighted by atomic mass is 32.1. The number of aryl methyl sites for hydroxylation is 1. The molecule has 2 amide bonds. The number of carbonyl (C=O) groups excluding carboxylic acids is 2. The van der Waals surface area contributed by atoms with Gasteiger partial charge < -0.3 is 10.2 Å². The summed E-state index contributed by atoms with van der Waals surface area (Å²) in [5.41, 5.74) is 1.08. The fourth-order valence-electron chi connectivity index (χ4n) is 2.98. The molecule has 1 aromatic rings. The van der Waals surface area contributed by atoms with Crippen LogP contribution in [0.2, 0.25) is 0 Å². The maximum Gasteiger partial charge on any atom is 0.245 e. The monoisotopic (exact) mass is 367 g/mol. The third kappa shape index (κ3) is 9.00. The molecule has 0 bridgehead atoms. The van der Waals surface area contributed by atoms with Crippen LogP contribution in [-0.2, 0) is 9.59 Å². The van der Waals surface area contributed by atoms with E-state index in [-0.39, 0.29) is 23.8 Å². The van der Waals surface area contributed by atoms with E-state index in [0.29, 0.717) is 29.9 Å². The second kappa shape index (κ2) is 9.32. The van der Waals surface area contributed by atoms with Crippen molar-refractivity contribution in [2.45, 2.75) is 61.3 Å². The van der Waals surface area contributed by atoms with Crippen LogP contribution < -0.4 is 5.32 Å². The summed E-state index contributed by atoms with van der Waals surface area (Å²) in [6.45, 7) is 15.3. The number of hydrogen-bond acceptors (Lipinski definition) is 4. The standard InChI is InChI=1S/C19H33N3O2S/c1-13(2)10-22(17(24)8-14(3)9-19(5,6)7)11-16(23)21-18-20-15(4)12-25-18/h12-14H,8-11H2,1-7H3,(H,20,21,23). The number of nitrogens with one attached hydrogen (secondary N) is 1. The van der Waals surface area contributed by atoms with E-state index in [1.165, 1.54) is 11.3 Å². The lowest BCUT2D eigenvalue weighted by Crippen LogP contribution is -2.40. The molecule has 0 saturated carbocycles. The molecule has 1 N–H and O–H groups in total. The molecule has 0 saturated heterocycles. The van der Waals surface area contributed by atoms with Crippen LogP contribution in [0.5, 0.6) is 0 Å². The third-order valence-corrected chi connectivity index (χ3v) is 4.50. The molecule has 1 rings (SSSR count). The van der Waals surface area contributed by atoms with Crippen LogP contribution in [0.4, 0.5) is 5.13 Å². The van der Waals surface area contributed by atoms with Gasteiger partial charge in [-0.25, -0.2) is 4.98 Å². The van der Waals surface area contributed by atoms with Crippen molar-refractivity contribution in [3.05, 3.63) is 11.1 Å². The first-order chi connectivity index (χ1) is 11.5. The van der Waals surface area contributed by atoms with Gasteiger partial charge in [-0.05, 0) is 30.6 Å². The van der Waals surface area contributed by atoms with Crippen molar-refractivity contribution in [2.24, 2.45) is 17.3 Å². The highest BCUT2D eigenvalue weighted by Gasteiger charge is 2.23. The molecule has 5 nitrogen and oxygen atoms in total. The Bertz CT molecular complexity index is 575. The van der Waals surface area contributed by atoms with Crippen LogP contribution in [-0.4, -0.2) is 34.8 Å². The van der Waals surface area contributed by atoms with Gasteiger partial charge in [0, 0.05) is 18.3 Å². The smallest absolute Gasteiger partial charge is 0.245 e. The molecular weight excluding hydrogens is 334 g/mol. The molecule has 0 spiro atoms. The molecule has 142 valence electrons.